The lowest BCUT2D eigenvalue weighted by molar-refractivity contribution is 0.227. The lowest BCUT2D eigenvalue weighted by atomic mass is 9.86. The van der Waals surface area contributed by atoms with Gasteiger partial charge in [0.1, 0.15) is 5.69 Å². The molecule has 2 aromatic carbocycles. The van der Waals surface area contributed by atoms with Gasteiger partial charge in [0.2, 0.25) is 0 Å². The molecule has 0 radical (unpaired) electrons. The number of carbonyl (C=O) groups excluding carboxylic acids is 1. The van der Waals surface area contributed by atoms with Crippen LogP contribution in [0.4, 0.5) is 10.5 Å². The molecule has 0 unspecified atom stereocenters. The standard InChI is InChI=1S/C25H30N4O3S/c1-25(2,3)21-12-10-20(11-13-21)14-16-28-22-18-26-27(4)23(22)33(31,32)29(24(28)30)17-15-19-8-6-5-7-9-19/h5-13,18H,14-17H2,1-4H3. The predicted octanol–water partition coefficient (Wildman–Crippen LogP) is 4.13. The van der Waals surface area contributed by atoms with E-state index in [0.717, 1.165) is 15.4 Å². The van der Waals surface area contributed by atoms with Gasteiger partial charge in [-0.25, -0.2) is 9.10 Å². The number of nitrogens with zero attached hydrogens (tertiary/aromatic N) is 4. The largest absolute Gasteiger partial charge is 0.338 e. The van der Waals surface area contributed by atoms with Gasteiger partial charge in [0.05, 0.1) is 6.20 Å². The first kappa shape index (κ1) is 23.0. The number of sulfonamides is 1. The van der Waals surface area contributed by atoms with E-state index in [-0.39, 0.29) is 17.0 Å². The topological polar surface area (TPSA) is 75.5 Å². The number of benzene rings is 2. The van der Waals surface area contributed by atoms with Crippen LogP contribution in [0.3, 0.4) is 0 Å². The van der Waals surface area contributed by atoms with Gasteiger partial charge in [-0.2, -0.15) is 13.5 Å². The number of fused-ring (bicyclic) bond motifs is 1. The van der Waals surface area contributed by atoms with Gasteiger partial charge in [0.25, 0.3) is 10.0 Å². The average Bonchev–Trinajstić information content (AvgIpc) is 3.16. The third-order valence-electron chi connectivity index (χ3n) is 6.03. The molecular formula is C25H30N4O3S. The second-order valence-electron chi connectivity index (χ2n) is 9.40. The molecule has 0 fully saturated rings. The van der Waals surface area contributed by atoms with Crippen molar-refractivity contribution >= 4 is 21.7 Å². The second kappa shape index (κ2) is 8.67. The van der Waals surface area contributed by atoms with E-state index in [1.165, 1.54) is 21.3 Å². The summed E-state index contributed by atoms with van der Waals surface area (Å²) < 4.78 is 28.9. The van der Waals surface area contributed by atoms with Crippen LogP contribution in [0.5, 0.6) is 0 Å². The van der Waals surface area contributed by atoms with Crippen molar-refractivity contribution in [3.05, 3.63) is 77.5 Å². The molecule has 0 spiro atoms. The number of urea groups is 1. The van der Waals surface area contributed by atoms with Crippen molar-refractivity contribution in [2.75, 3.05) is 18.0 Å². The van der Waals surface area contributed by atoms with Gasteiger partial charge < -0.3 is 0 Å². The molecule has 1 aliphatic heterocycles. The number of anilines is 1. The molecule has 1 aromatic heterocycles. The van der Waals surface area contributed by atoms with Gasteiger partial charge in [0, 0.05) is 20.1 Å². The zero-order chi connectivity index (χ0) is 23.8. The van der Waals surface area contributed by atoms with Crippen molar-refractivity contribution < 1.29 is 13.2 Å². The van der Waals surface area contributed by atoms with Crippen LogP contribution in [-0.4, -0.2) is 41.6 Å². The Hall–Kier alpha value is -3.13. The summed E-state index contributed by atoms with van der Waals surface area (Å²) in [7, 11) is -2.40. The van der Waals surface area contributed by atoms with E-state index in [4.69, 9.17) is 0 Å². The highest BCUT2D eigenvalue weighted by molar-refractivity contribution is 7.89. The Labute approximate surface area is 195 Å². The van der Waals surface area contributed by atoms with Crippen LogP contribution in [0.25, 0.3) is 0 Å². The molecule has 7 nitrogen and oxygen atoms in total. The fourth-order valence-electron chi connectivity index (χ4n) is 4.06. The van der Waals surface area contributed by atoms with Crippen LogP contribution in [0.15, 0.2) is 65.8 Å². The summed E-state index contributed by atoms with van der Waals surface area (Å²) in [6.07, 6.45) is 2.51. The molecule has 0 N–H and O–H groups in total. The molecule has 2 heterocycles. The first-order chi connectivity index (χ1) is 15.6. The Morgan fingerprint density at radius 2 is 1.48 bits per heavy atom. The van der Waals surface area contributed by atoms with Gasteiger partial charge in [-0.15, -0.1) is 0 Å². The van der Waals surface area contributed by atoms with Crippen molar-refractivity contribution in [1.29, 1.82) is 0 Å². The fraction of sp³-hybridized carbons (Fsp3) is 0.360. The smallest absolute Gasteiger partial charge is 0.289 e. The molecule has 1 aliphatic rings. The highest BCUT2D eigenvalue weighted by Gasteiger charge is 2.43. The number of hydrogen-bond acceptors (Lipinski definition) is 4. The summed E-state index contributed by atoms with van der Waals surface area (Å²) in [5, 5.41) is 4.20. The number of amides is 2. The Morgan fingerprint density at radius 1 is 0.879 bits per heavy atom. The molecule has 0 aliphatic carbocycles. The highest BCUT2D eigenvalue weighted by atomic mass is 32.2. The minimum Gasteiger partial charge on any atom is -0.289 e. The van der Waals surface area contributed by atoms with Gasteiger partial charge >= 0.3 is 6.03 Å². The maximum absolute atomic E-state index is 13.4. The van der Waals surface area contributed by atoms with Crippen LogP contribution in [0, 0.1) is 0 Å². The third kappa shape index (κ3) is 4.53. The predicted molar refractivity (Wildman–Crippen MR) is 129 cm³/mol. The van der Waals surface area contributed by atoms with Crippen LogP contribution in [0.2, 0.25) is 0 Å². The first-order valence-electron chi connectivity index (χ1n) is 11.1. The molecule has 0 atom stereocenters. The molecule has 3 aromatic rings. The Kier molecular flexibility index (Phi) is 6.05. The second-order valence-corrected chi connectivity index (χ2v) is 11.2. The molecule has 2 amide bonds. The summed E-state index contributed by atoms with van der Waals surface area (Å²) in [6.45, 7) is 6.95. The lowest BCUT2D eigenvalue weighted by Gasteiger charge is -2.34. The number of rotatable bonds is 6. The first-order valence-corrected chi connectivity index (χ1v) is 12.5. The quantitative estimate of drug-likeness (QED) is 0.547. The third-order valence-corrected chi connectivity index (χ3v) is 7.91. The Balaban J connectivity index is 1.58. The number of aromatic nitrogens is 2. The van der Waals surface area contributed by atoms with E-state index in [0.29, 0.717) is 25.1 Å². The van der Waals surface area contributed by atoms with E-state index >= 15 is 0 Å². The maximum Gasteiger partial charge on any atom is 0.338 e. The summed E-state index contributed by atoms with van der Waals surface area (Å²) in [5.74, 6) is 0. The van der Waals surface area contributed by atoms with Crippen LogP contribution in [-0.2, 0) is 35.3 Å². The zero-order valence-electron chi connectivity index (χ0n) is 19.5. The molecular weight excluding hydrogens is 436 g/mol. The van der Waals surface area contributed by atoms with Crippen molar-refractivity contribution in [2.24, 2.45) is 7.05 Å². The summed E-state index contributed by atoms with van der Waals surface area (Å²) >= 11 is 0. The van der Waals surface area contributed by atoms with E-state index in [2.05, 4.69) is 50.1 Å². The number of carbonyl (C=O) groups is 1. The van der Waals surface area contributed by atoms with Crippen molar-refractivity contribution in [3.8, 4) is 0 Å². The molecule has 4 rings (SSSR count). The summed E-state index contributed by atoms with van der Waals surface area (Å²) in [6, 6.07) is 17.4. The van der Waals surface area contributed by atoms with Gasteiger partial charge in [0.15, 0.2) is 5.03 Å². The molecule has 0 saturated carbocycles. The summed E-state index contributed by atoms with van der Waals surface area (Å²) in [5.41, 5.74) is 3.71. The van der Waals surface area contributed by atoms with Crippen molar-refractivity contribution in [3.63, 3.8) is 0 Å². The molecule has 33 heavy (non-hydrogen) atoms. The van der Waals surface area contributed by atoms with Gasteiger partial charge in [-0.05, 0) is 34.9 Å². The summed E-state index contributed by atoms with van der Waals surface area (Å²) in [4.78, 5) is 14.9. The highest BCUT2D eigenvalue weighted by Crippen LogP contribution is 2.34. The van der Waals surface area contributed by atoms with E-state index in [1.807, 2.05) is 30.3 Å². The lowest BCUT2D eigenvalue weighted by Crippen LogP contribution is -2.52. The van der Waals surface area contributed by atoms with Crippen molar-refractivity contribution in [2.45, 2.75) is 44.1 Å². The molecule has 0 bridgehead atoms. The molecule has 8 heteroatoms. The van der Waals surface area contributed by atoms with Gasteiger partial charge in [-0.1, -0.05) is 75.4 Å². The van der Waals surface area contributed by atoms with E-state index in [9.17, 15) is 13.2 Å². The zero-order valence-corrected chi connectivity index (χ0v) is 20.3. The number of hydrogen-bond donors (Lipinski definition) is 0. The van der Waals surface area contributed by atoms with Gasteiger partial charge in [-0.3, -0.25) is 9.58 Å². The van der Waals surface area contributed by atoms with Crippen LogP contribution >= 0.6 is 0 Å². The monoisotopic (exact) mass is 466 g/mol. The van der Waals surface area contributed by atoms with E-state index in [1.54, 1.807) is 7.05 Å². The van der Waals surface area contributed by atoms with E-state index < -0.39 is 16.1 Å². The Morgan fingerprint density at radius 3 is 2.12 bits per heavy atom. The minimum absolute atomic E-state index is 0.0539. The normalized spacial score (nSPS) is 15.6. The maximum atomic E-state index is 13.4. The molecule has 0 saturated heterocycles. The average molecular weight is 467 g/mol. The fourth-order valence-corrected chi connectivity index (χ4v) is 5.72. The van der Waals surface area contributed by atoms with Crippen molar-refractivity contribution in [1.82, 2.24) is 14.1 Å². The minimum atomic E-state index is -3.98. The SMILES string of the molecule is Cn1ncc2c1S(=O)(=O)N(CCc1ccccc1)C(=O)N2CCc1ccc(C(C)(C)C)cc1. The molecule has 174 valence electrons. The van der Waals surface area contributed by atoms with Crippen LogP contribution in [0.1, 0.15) is 37.5 Å². The Bertz CT molecular complexity index is 1240. The van der Waals surface area contributed by atoms with Crippen LogP contribution < -0.4 is 4.90 Å². The number of aryl methyl sites for hydroxylation is 1.